The number of fused-ring (bicyclic) bond motifs is 2. The van der Waals surface area contributed by atoms with Crippen LogP contribution < -0.4 is 0 Å². The number of hydrogen-bond acceptors (Lipinski definition) is 2. The van der Waals surface area contributed by atoms with Crippen molar-refractivity contribution >= 4 is 0 Å². The fourth-order valence-corrected chi connectivity index (χ4v) is 3.54. The Hall–Kier alpha value is -0.860. The Morgan fingerprint density at radius 1 is 1.28 bits per heavy atom. The first kappa shape index (κ1) is 12.2. The van der Waals surface area contributed by atoms with Crippen molar-refractivity contribution in [3.05, 3.63) is 35.4 Å². The molecule has 0 aromatic heterocycles. The summed E-state index contributed by atoms with van der Waals surface area (Å²) in [6, 6.07) is 9.08. The third-order valence-electron chi connectivity index (χ3n) is 4.67. The van der Waals surface area contributed by atoms with E-state index in [-0.39, 0.29) is 6.10 Å². The Balaban J connectivity index is 1.52. The van der Waals surface area contributed by atoms with Crippen molar-refractivity contribution in [1.29, 1.82) is 0 Å². The first-order valence-corrected chi connectivity index (χ1v) is 7.21. The molecular formula is C16H23NO. The average molecular weight is 245 g/mol. The summed E-state index contributed by atoms with van der Waals surface area (Å²) < 4.78 is 0. The molecule has 2 heteroatoms. The highest BCUT2D eigenvalue weighted by Crippen LogP contribution is 2.37. The van der Waals surface area contributed by atoms with Gasteiger partial charge in [-0.3, -0.25) is 4.90 Å². The van der Waals surface area contributed by atoms with E-state index in [1.54, 1.807) is 0 Å². The summed E-state index contributed by atoms with van der Waals surface area (Å²) >= 11 is 0. The molecule has 3 rings (SSSR count). The smallest absolute Gasteiger partial charge is 0.0802 e. The second-order valence-corrected chi connectivity index (χ2v) is 6.04. The van der Waals surface area contributed by atoms with E-state index < -0.39 is 0 Å². The predicted octanol–water partition coefficient (Wildman–Crippen LogP) is 2.90. The third kappa shape index (κ3) is 2.45. The molecular weight excluding hydrogens is 222 g/mol. The lowest BCUT2D eigenvalue weighted by Crippen LogP contribution is -2.33. The quantitative estimate of drug-likeness (QED) is 0.881. The molecule has 1 saturated carbocycles. The molecule has 1 aromatic rings. The first-order chi connectivity index (χ1) is 8.72. The lowest BCUT2D eigenvalue weighted by atomic mass is 10.0. The molecule has 1 heterocycles. The van der Waals surface area contributed by atoms with Gasteiger partial charge in [-0.1, -0.05) is 29.8 Å². The van der Waals surface area contributed by atoms with Gasteiger partial charge in [0.15, 0.2) is 0 Å². The van der Waals surface area contributed by atoms with Crippen LogP contribution in [0.25, 0.3) is 0 Å². The molecule has 3 atom stereocenters. The number of aliphatic hydroxyl groups is 1. The Morgan fingerprint density at radius 3 is 2.67 bits per heavy atom. The highest BCUT2D eigenvalue weighted by Gasteiger charge is 2.37. The number of likely N-dealkylation sites (tertiary alicyclic amines) is 1. The Labute approximate surface area is 110 Å². The zero-order valence-corrected chi connectivity index (χ0v) is 11.2. The van der Waals surface area contributed by atoms with Crippen LogP contribution in [0.4, 0.5) is 0 Å². The van der Waals surface area contributed by atoms with Crippen LogP contribution in [0.2, 0.25) is 0 Å². The van der Waals surface area contributed by atoms with Crippen molar-refractivity contribution in [1.82, 2.24) is 4.90 Å². The van der Waals surface area contributed by atoms with Gasteiger partial charge in [-0.05, 0) is 44.1 Å². The predicted molar refractivity (Wildman–Crippen MR) is 73.5 cm³/mol. The molecule has 3 unspecified atom stereocenters. The van der Waals surface area contributed by atoms with Crippen LogP contribution in [0.3, 0.4) is 0 Å². The minimum absolute atomic E-state index is 0.301. The van der Waals surface area contributed by atoms with E-state index in [2.05, 4.69) is 36.1 Å². The van der Waals surface area contributed by atoms with Crippen molar-refractivity contribution < 1.29 is 5.11 Å². The van der Waals surface area contributed by atoms with Gasteiger partial charge in [0.1, 0.15) is 0 Å². The van der Waals surface area contributed by atoms with Gasteiger partial charge >= 0.3 is 0 Å². The molecule has 2 bridgehead atoms. The van der Waals surface area contributed by atoms with Gasteiger partial charge in [0, 0.05) is 19.1 Å². The Kier molecular flexibility index (Phi) is 3.40. The van der Waals surface area contributed by atoms with E-state index >= 15 is 0 Å². The maximum atomic E-state index is 10.2. The number of hydrogen-bond donors (Lipinski definition) is 1. The zero-order valence-electron chi connectivity index (χ0n) is 11.2. The second-order valence-electron chi connectivity index (χ2n) is 6.04. The minimum Gasteiger partial charge on any atom is -0.388 e. The van der Waals surface area contributed by atoms with E-state index in [0.29, 0.717) is 0 Å². The molecule has 0 amide bonds. The molecule has 18 heavy (non-hydrogen) atoms. The largest absolute Gasteiger partial charge is 0.388 e. The van der Waals surface area contributed by atoms with Gasteiger partial charge < -0.3 is 5.11 Å². The Morgan fingerprint density at radius 2 is 2.06 bits per heavy atom. The van der Waals surface area contributed by atoms with Crippen LogP contribution in [0, 0.1) is 12.8 Å². The summed E-state index contributed by atoms with van der Waals surface area (Å²) in [6.07, 6.45) is 4.78. The fraction of sp³-hybridized carbons (Fsp3) is 0.625. The lowest BCUT2D eigenvalue weighted by Gasteiger charge is -2.27. The molecule has 0 spiro atoms. The zero-order chi connectivity index (χ0) is 12.5. The number of piperidine rings is 1. The molecule has 2 nitrogen and oxygen atoms in total. The van der Waals surface area contributed by atoms with E-state index in [1.807, 2.05) is 0 Å². The Bertz CT molecular complexity index is 400. The van der Waals surface area contributed by atoms with Crippen molar-refractivity contribution in [2.24, 2.45) is 5.92 Å². The van der Waals surface area contributed by atoms with Crippen molar-refractivity contribution in [3.63, 3.8) is 0 Å². The van der Waals surface area contributed by atoms with Gasteiger partial charge in [0.25, 0.3) is 0 Å². The maximum Gasteiger partial charge on any atom is 0.0802 e. The first-order valence-electron chi connectivity index (χ1n) is 7.21. The van der Waals surface area contributed by atoms with Gasteiger partial charge in [-0.15, -0.1) is 0 Å². The lowest BCUT2D eigenvalue weighted by molar-refractivity contribution is 0.129. The number of benzene rings is 1. The van der Waals surface area contributed by atoms with E-state index in [9.17, 15) is 5.11 Å². The van der Waals surface area contributed by atoms with E-state index in [1.165, 1.54) is 31.4 Å². The fourth-order valence-electron chi connectivity index (χ4n) is 3.54. The van der Waals surface area contributed by atoms with Crippen LogP contribution >= 0.6 is 0 Å². The number of nitrogens with zero attached hydrogens (tertiary/aromatic N) is 1. The van der Waals surface area contributed by atoms with Gasteiger partial charge in [-0.25, -0.2) is 0 Å². The molecule has 1 aliphatic carbocycles. The van der Waals surface area contributed by atoms with E-state index in [4.69, 9.17) is 0 Å². The van der Waals surface area contributed by atoms with Gasteiger partial charge in [0.05, 0.1) is 6.10 Å². The molecule has 0 radical (unpaired) electrons. The minimum atomic E-state index is -0.301. The average Bonchev–Trinajstić information content (AvgIpc) is 2.99. The second kappa shape index (κ2) is 5.02. The van der Waals surface area contributed by atoms with Crippen LogP contribution in [-0.4, -0.2) is 29.1 Å². The monoisotopic (exact) mass is 245 g/mol. The summed E-state index contributed by atoms with van der Waals surface area (Å²) in [6.45, 7) is 4.40. The summed E-state index contributed by atoms with van der Waals surface area (Å²) in [7, 11) is 0. The topological polar surface area (TPSA) is 23.5 Å². The normalized spacial score (nSPS) is 28.8. The third-order valence-corrected chi connectivity index (χ3v) is 4.67. The van der Waals surface area contributed by atoms with Gasteiger partial charge in [-0.2, -0.15) is 0 Å². The molecule has 98 valence electrons. The molecule has 2 fully saturated rings. The van der Waals surface area contributed by atoms with Crippen molar-refractivity contribution in [2.45, 2.75) is 44.8 Å². The summed E-state index contributed by atoms with van der Waals surface area (Å²) in [5.74, 6) is 0.950. The molecule has 2 aliphatic rings. The van der Waals surface area contributed by atoms with E-state index in [0.717, 1.165) is 30.5 Å². The molecule has 1 aromatic carbocycles. The number of aliphatic hydroxyl groups excluding tert-OH is 1. The summed E-state index contributed by atoms with van der Waals surface area (Å²) in [5, 5.41) is 10.2. The standard InChI is InChI=1S/C16H23NO/c1-12-2-5-14(6-3-12)16(18)8-9-17-11-13-4-7-15(17)10-13/h2-3,5-6,13,15-16,18H,4,7-11H2,1H3. The number of aryl methyl sites for hydroxylation is 1. The summed E-state index contributed by atoms with van der Waals surface area (Å²) in [5.41, 5.74) is 2.31. The molecule has 1 saturated heterocycles. The SMILES string of the molecule is Cc1ccc(C(O)CCN2CC3CCC2C3)cc1. The molecule has 1 aliphatic heterocycles. The maximum absolute atomic E-state index is 10.2. The highest BCUT2D eigenvalue weighted by atomic mass is 16.3. The van der Waals surface area contributed by atoms with Crippen LogP contribution in [0.1, 0.15) is 42.9 Å². The van der Waals surface area contributed by atoms with Crippen LogP contribution in [0.15, 0.2) is 24.3 Å². The van der Waals surface area contributed by atoms with Crippen LogP contribution in [0.5, 0.6) is 0 Å². The number of rotatable bonds is 4. The molecule has 1 N–H and O–H groups in total. The van der Waals surface area contributed by atoms with Gasteiger partial charge in [0.2, 0.25) is 0 Å². The van der Waals surface area contributed by atoms with Crippen LogP contribution in [-0.2, 0) is 0 Å². The summed E-state index contributed by atoms with van der Waals surface area (Å²) in [4.78, 5) is 2.59. The van der Waals surface area contributed by atoms with Crippen molar-refractivity contribution in [2.75, 3.05) is 13.1 Å². The van der Waals surface area contributed by atoms with Crippen molar-refractivity contribution in [3.8, 4) is 0 Å². The highest BCUT2D eigenvalue weighted by molar-refractivity contribution is 5.23.